The first-order chi connectivity index (χ1) is 8.21. The first kappa shape index (κ1) is 14.0. The quantitative estimate of drug-likeness (QED) is 0.784. The fourth-order valence-electron chi connectivity index (χ4n) is 1.89. The number of hydrogen-bond acceptors (Lipinski definition) is 2. The van der Waals surface area contributed by atoms with Gasteiger partial charge in [-0.05, 0) is 37.0 Å². The lowest BCUT2D eigenvalue weighted by atomic mass is 10.1. The molecule has 0 amide bonds. The van der Waals surface area contributed by atoms with Crippen molar-refractivity contribution in [1.29, 1.82) is 0 Å². The highest BCUT2D eigenvalue weighted by molar-refractivity contribution is 5.27. The van der Waals surface area contributed by atoms with Gasteiger partial charge >= 0.3 is 0 Å². The van der Waals surface area contributed by atoms with E-state index in [2.05, 4.69) is 26.0 Å². The molecule has 2 nitrogen and oxygen atoms in total. The van der Waals surface area contributed by atoms with E-state index in [4.69, 9.17) is 4.74 Å². The number of benzene rings is 1. The third kappa shape index (κ3) is 4.39. The van der Waals surface area contributed by atoms with Gasteiger partial charge in [0, 0.05) is 0 Å². The molecule has 1 N–H and O–H groups in total. The molecule has 0 aromatic heterocycles. The molecule has 1 aromatic rings. The summed E-state index contributed by atoms with van der Waals surface area (Å²) in [4.78, 5) is 0. The maximum atomic E-state index is 9.95. The largest absolute Gasteiger partial charge is 0.488 e. The number of aliphatic hydroxyl groups excluding tert-OH is 1. The number of ether oxygens (including phenoxy) is 1. The molecule has 2 heteroatoms. The Morgan fingerprint density at radius 2 is 1.76 bits per heavy atom. The van der Waals surface area contributed by atoms with Crippen LogP contribution in [0.5, 0.6) is 5.75 Å². The molecule has 0 spiro atoms. The summed E-state index contributed by atoms with van der Waals surface area (Å²) in [5.41, 5.74) is 1.31. The van der Waals surface area contributed by atoms with Gasteiger partial charge in [0.25, 0.3) is 0 Å². The molecule has 0 heterocycles. The van der Waals surface area contributed by atoms with Crippen LogP contribution in [0.1, 0.15) is 45.6 Å². The summed E-state index contributed by atoms with van der Waals surface area (Å²) < 4.78 is 5.83. The zero-order valence-corrected chi connectivity index (χ0v) is 11.1. The van der Waals surface area contributed by atoms with Crippen LogP contribution in [0.3, 0.4) is 0 Å². The van der Waals surface area contributed by atoms with Gasteiger partial charge in [-0.25, -0.2) is 0 Å². The predicted molar refractivity (Wildman–Crippen MR) is 71.4 cm³/mol. The standard InChI is InChI=1S/C15H24O2/c1-4-7-14(16)15(6-3)17-13-10-8-12(5-2)9-11-13/h8-11,14-16H,4-7H2,1-3H3. The van der Waals surface area contributed by atoms with Crippen LogP contribution in [0.25, 0.3) is 0 Å². The topological polar surface area (TPSA) is 29.5 Å². The molecule has 0 aliphatic carbocycles. The van der Waals surface area contributed by atoms with Crippen LogP contribution in [0.2, 0.25) is 0 Å². The Morgan fingerprint density at radius 3 is 2.24 bits per heavy atom. The normalized spacial score (nSPS) is 14.4. The number of aliphatic hydroxyl groups is 1. The Balaban J connectivity index is 2.60. The maximum absolute atomic E-state index is 9.95. The third-order valence-corrected chi connectivity index (χ3v) is 3.04. The lowest BCUT2D eigenvalue weighted by Crippen LogP contribution is -2.30. The first-order valence-electron chi connectivity index (χ1n) is 6.64. The second kappa shape index (κ2) is 7.33. The molecule has 0 fully saturated rings. The summed E-state index contributed by atoms with van der Waals surface area (Å²) in [6, 6.07) is 8.13. The maximum Gasteiger partial charge on any atom is 0.124 e. The van der Waals surface area contributed by atoms with Gasteiger partial charge in [0.05, 0.1) is 6.10 Å². The number of hydrogen-bond donors (Lipinski definition) is 1. The van der Waals surface area contributed by atoms with Gasteiger partial charge in [-0.3, -0.25) is 0 Å². The van der Waals surface area contributed by atoms with E-state index in [0.717, 1.165) is 31.4 Å². The molecule has 17 heavy (non-hydrogen) atoms. The Morgan fingerprint density at radius 1 is 1.12 bits per heavy atom. The van der Waals surface area contributed by atoms with Gasteiger partial charge in [0.2, 0.25) is 0 Å². The molecule has 2 unspecified atom stereocenters. The van der Waals surface area contributed by atoms with Gasteiger partial charge < -0.3 is 9.84 Å². The van der Waals surface area contributed by atoms with Crippen LogP contribution in [0.15, 0.2) is 24.3 Å². The molecule has 0 saturated heterocycles. The molecule has 0 radical (unpaired) electrons. The fraction of sp³-hybridized carbons (Fsp3) is 0.600. The van der Waals surface area contributed by atoms with Gasteiger partial charge in [-0.1, -0.05) is 39.3 Å². The Bertz CT molecular complexity index is 305. The monoisotopic (exact) mass is 236 g/mol. The molecule has 2 atom stereocenters. The van der Waals surface area contributed by atoms with Crippen LogP contribution in [-0.2, 0) is 6.42 Å². The van der Waals surface area contributed by atoms with E-state index in [1.807, 2.05) is 19.1 Å². The SMILES string of the molecule is CCCC(O)C(CC)Oc1ccc(CC)cc1. The second-order valence-electron chi connectivity index (χ2n) is 4.42. The van der Waals surface area contributed by atoms with Crippen molar-refractivity contribution in [3.63, 3.8) is 0 Å². The number of rotatable bonds is 7. The highest BCUT2D eigenvalue weighted by atomic mass is 16.5. The average molecular weight is 236 g/mol. The fourth-order valence-corrected chi connectivity index (χ4v) is 1.89. The second-order valence-corrected chi connectivity index (χ2v) is 4.42. The predicted octanol–water partition coefficient (Wildman–Crippen LogP) is 3.57. The van der Waals surface area contributed by atoms with Gasteiger partial charge in [0.1, 0.15) is 11.9 Å². The Kier molecular flexibility index (Phi) is 6.06. The highest BCUT2D eigenvalue weighted by Gasteiger charge is 2.18. The van der Waals surface area contributed by atoms with Crippen molar-refractivity contribution < 1.29 is 9.84 Å². The van der Waals surface area contributed by atoms with Crippen LogP contribution in [0, 0.1) is 0 Å². The van der Waals surface area contributed by atoms with Crippen molar-refractivity contribution >= 4 is 0 Å². The van der Waals surface area contributed by atoms with E-state index in [1.165, 1.54) is 5.56 Å². The molecule has 0 aliphatic rings. The Hall–Kier alpha value is -1.02. The zero-order valence-electron chi connectivity index (χ0n) is 11.1. The molecular weight excluding hydrogens is 212 g/mol. The highest BCUT2D eigenvalue weighted by Crippen LogP contribution is 2.18. The van der Waals surface area contributed by atoms with Crippen molar-refractivity contribution in [3.05, 3.63) is 29.8 Å². The smallest absolute Gasteiger partial charge is 0.124 e. The van der Waals surface area contributed by atoms with Gasteiger partial charge in [-0.15, -0.1) is 0 Å². The summed E-state index contributed by atoms with van der Waals surface area (Å²) in [6.45, 7) is 6.26. The van der Waals surface area contributed by atoms with E-state index in [0.29, 0.717) is 0 Å². The van der Waals surface area contributed by atoms with E-state index in [1.54, 1.807) is 0 Å². The minimum Gasteiger partial charge on any atom is -0.488 e. The number of aryl methyl sites for hydroxylation is 1. The van der Waals surface area contributed by atoms with Gasteiger partial charge in [0.15, 0.2) is 0 Å². The molecule has 0 bridgehead atoms. The lowest BCUT2D eigenvalue weighted by Gasteiger charge is -2.22. The lowest BCUT2D eigenvalue weighted by molar-refractivity contribution is 0.0284. The van der Waals surface area contributed by atoms with Crippen molar-refractivity contribution in [1.82, 2.24) is 0 Å². The molecule has 96 valence electrons. The summed E-state index contributed by atoms with van der Waals surface area (Å²) >= 11 is 0. The van der Waals surface area contributed by atoms with E-state index in [9.17, 15) is 5.11 Å². The Labute approximate surface area is 105 Å². The summed E-state index contributed by atoms with van der Waals surface area (Å²) in [6.07, 6.45) is 3.19. The molecular formula is C15H24O2. The van der Waals surface area contributed by atoms with Crippen LogP contribution in [0.4, 0.5) is 0 Å². The molecule has 0 saturated carbocycles. The van der Waals surface area contributed by atoms with Crippen molar-refractivity contribution in [2.45, 2.75) is 58.7 Å². The third-order valence-electron chi connectivity index (χ3n) is 3.04. The zero-order chi connectivity index (χ0) is 12.7. The summed E-state index contributed by atoms with van der Waals surface area (Å²) in [5.74, 6) is 0.851. The minimum atomic E-state index is -0.365. The van der Waals surface area contributed by atoms with E-state index in [-0.39, 0.29) is 12.2 Å². The van der Waals surface area contributed by atoms with Crippen molar-refractivity contribution in [2.75, 3.05) is 0 Å². The van der Waals surface area contributed by atoms with Crippen molar-refractivity contribution in [2.24, 2.45) is 0 Å². The van der Waals surface area contributed by atoms with E-state index < -0.39 is 0 Å². The molecule has 1 aromatic carbocycles. The van der Waals surface area contributed by atoms with Crippen LogP contribution in [-0.4, -0.2) is 17.3 Å². The van der Waals surface area contributed by atoms with Crippen molar-refractivity contribution in [3.8, 4) is 5.75 Å². The molecule has 1 rings (SSSR count). The average Bonchev–Trinajstić information content (AvgIpc) is 2.37. The van der Waals surface area contributed by atoms with Crippen LogP contribution < -0.4 is 4.74 Å². The van der Waals surface area contributed by atoms with E-state index >= 15 is 0 Å². The molecule has 0 aliphatic heterocycles. The summed E-state index contributed by atoms with van der Waals surface area (Å²) in [7, 11) is 0. The van der Waals surface area contributed by atoms with Gasteiger partial charge in [-0.2, -0.15) is 0 Å². The summed E-state index contributed by atoms with van der Waals surface area (Å²) in [5, 5.41) is 9.95. The first-order valence-corrected chi connectivity index (χ1v) is 6.64. The minimum absolute atomic E-state index is 0.0950. The van der Waals surface area contributed by atoms with Crippen LogP contribution >= 0.6 is 0 Å².